The van der Waals surface area contributed by atoms with Crippen LogP contribution >= 0.6 is 0 Å². The summed E-state index contributed by atoms with van der Waals surface area (Å²) in [7, 11) is 0. The first-order valence-electron chi connectivity index (χ1n) is 12.0. The summed E-state index contributed by atoms with van der Waals surface area (Å²) in [4.78, 5) is 30.8. The van der Waals surface area contributed by atoms with Crippen LogP contribution in [0.2, 0.25) is 0 Å². The molecule has 0 aliphatic carbocycles. The van der Waals surface area contributed by atoms with Gasteiger partial charge >= 0.3 is 0 Å². The van der Waals surface area contributed by atoms with Crippen molar-refractivity contribution >= 4 is 23.1 Å². The largest absolute Gasteiger partial charge is 0.491 e. The van der Waals surface area contributed by atoms with Crippen molar-refractivity contribution in [3.63, 3.8) is 0 Å². The molecule has 5 nitrogen and oxygen atoms in total. The quantitative estimate of drug-likeness (QED) is 0.541. The summed E-state index contributed by atoms with van der Waals surface area (Å²) in [5, 5.41) is 0. The molecule has 0 saturated carbocycles. The molecule has 5 heteroatoms. The van der Waals surface area contributed by atoms with Crippen molar-refractivity contribution in [1.82, 2.24) is 4.90 Å². The maximum absolute atomic E-state index is 13.7. The van der Waals surface area contributed by atoms with Gasteiger partial charge in [0.2, 0.25) is 0 Å². The monoisotopic (exact) mass is 446 g/mol. The normalized spacial score (nSPS) is 17.7. The Balaban J connectivity index is 1.73. The van der Waals surface area contributed by atoms with E-state index in [1.165, 1.54) is 10.5 Å². The van der Waals surface area contributed by atoms with Crippen LogP contribution in [-0.4, -0.2) is 35.9 Å². The van der Waals surface area contributed by atoms with Gasteiger partial charge in [0.05, 0.1) is 17.4 Å². The third-order valence-electron chi connectivity index (χ3n) is 6.49. The second-order valence-corrected chi connectivity index (χ2v) is 9.78. The SMILES string of the molecule is CC1CCN(C2=C(c3ccc(OC(C)C)cc3)C(=O)N(c3ccc(C(C)C)cc3)C2=O)CC1. The fourth-order valence-corrected chi connectivity index (χ4v) is 4.52. The van der Waals surface area contributed by atoms with E-state index < -0.39 is 0 Å². The Morgan fingerprint density at radius 2 is 1.45 bits per heavy atom. The lowest BCUT2D eigenvalue weighted by atomic mass is 9.97. The lowest BCUT2D eigenvalue weighted by Gasteiger charge is -2.32. The molecule has 0 radical (unpaired) electrons. The van der Waals surface area contributed by atoms with E-state index in [-0.39, 0.29) is 17.9 Å². The molecule has 1 fully saturated rings. The number of imide groups is 1. The van der Waals surface area contributed by atoms with Crippen molar-refractivity contribution < 1.29 is 14.3 Å². The van der Waals surface area contributed by atoms with E-state index in [1.807, 2.05) is 62.4 Å². The van der Waals surface area contributed by atoms with E-state index in [1.54, 1.807) is 0 Å². The zero-order chi connectivity index (χ0) is 23.7. The zero-order valence-corrected chi connectivity index (χ0v) is 20.3. The van der Waals surface area contributed by atoms with Crippen LogP contribution < -0.4 is 9.64 Å². The van der Waals surface area contributed by atoms with Crippen LogP contribution in [0.4, 0.5) is 5.69 Å². The lowest BCUT2D eigenvalue weighted by Crippen LogP contribution is -2.38. The van der Waals surface area contributed by atoms with Crippen LogP contribution in [-0.2, 0) is 9.59 Å². The Morgan fingerprint density at radius 1 is 0.848 bits per heavy atom. The fraction of sp³-hybridized carbons (Fsp3) is 0.429. The molecule has 4 rings (SSSR count). The fourth-order valence-electron chi connectivity index (χ4n) is 4.52. The van der Waals surface area contributed by atoms with Crippen LogP contribution in [0.5, 0.6) is 5.75 Å². The lowest BCUT2D eigenvalue weighted by molar-refractivity contribution is -0.120. The standard InChI is InChI=1S/C28H34N2O3/c1-18(2)21-6-10-23(11-7-21)30-27(31)25(22-8-12-24(13-9-22)33-19(3)4)26(28(30)32)29-16-14-20(5)15-17-29/h6-13,18-20H,14-17H2,1-5H3. The minimum atomic E-state index is -0.261. The molecule has 1 saturated heterocycles. The molecule has 2 aromatic carbocycles. The van der Waals surface area contributed by atoms with Gasteiger partial charge in [0.1, 0.15) is 11.4 Å². The van der Waals surface area contributed by atoms with Crippen LogP contribution in [0.1, 0.15) is 64.5 Å². The molecule has 174 valence electrons. The molecule has 2 heterocycles. The Hall–Kier alpha value is -3.08. The third kappa shape index (κ3) is 4.68. The summed E-state index contributed by atoms with van der Waals surface area (Å²) in [5.74, 6) is 1.27. The first kappa shape index (κ1) is 23.1. The summed E-state index contributed by atoms with van der Waals surface area (Å²) in [6.07, 6.45) is 2.10. The molecule has 0 bridgehead atoms. The number of amides is 2. The molecule has 0 atom stereocenters. The molecule has 2 aliphatic heterocycles. The van der Waals surface area contributed by atoms with E-state index in [9.17, 15) is 9.59 Å². The second-order valence-electron chi connectivity index (χ2n) is 9.78. The van der Waals surface area contributed by atoms with E-state index in [2.05, 4.69) is 25.7 Å². The number of likely N-dealkylation sites (tertiary alicyclic amines) is 1. The molecule has 2 amide bonds. The van der Waals surface area contributed by atoms with Gasteiger partial charge in [-0.05, 0) is 73.9 Å². The van der Waals surface area contributed by atoms with E-state index in [0.29, 0.717) is 28.8 Å². The summed E-state index contributed by atoms with van der Waals surface area (Å²) in [6, 6.07) is 15.3. The topological polar surface area (TPSA) is 49.9 Å². The smallest absolute Gasteiger partial charge is 0.282 e. The average Bonchev–Trinajstić information content (AvgIpc) is 3.04. The summed E-state index contributed by atoms with van der Waals surface area (Å²) >= 11 is 0. The van der Waals surface area contributed by atoms with Crippen LogP contribution in [0, 0.1) is 5.92 Å². The number of nitrogens with zero attached hydrogens (tertiary/aromatic N) is 2. The van der Waals surface area contributed by atoms with Gasteiger partial charge in [0.25, 0.3) is 11.8 Å². The van der Waals surface area contributed by atoms with Crippen molar-refractivity contribution in [2.45, 2.75) is 59.5 Å². The highest BCUT2D eigenvalue weighted by molar-refractivity contribution is 6.45. The van der Waals surface area contributed by atoms with Gasteiger partial charge in [-0.25, -0.2) is 4.90 Å². The molecule has 0 aromatic heterocycles. The molecular formula is C28H34N2O3. The first-order valence-corrected chi connectivity index (χ1v) is 12.0. The number of ether oxygens (including phenoxy) is 1. The zero-order valence-electron chi connectivity index (χ0n) is 20.3. The molecule has 2 aliphatic rings. The summed E-state index contributed by atoms with van der Waals surface area (Å²) in [5.41, 5.74) is 3.55. The van der Waals surface area contributed by atoms with Gasteiger partial charge in [-0.2, -0.15) is 0 Å². The number of piperidine rings is 1. The number of carbonyl (C=O) groups excluding carboxylic acids is 2. The molecule has 0 spiro atoms. The summed E-state index contributed by atoms with van der Waals surface area (Å²) < 4.78 is 5.77. The highest BCUT2D eigenvalue weighted by atomic mass is 16.5. The summed E-state index contributed by atoms with van der Waals surface area (Å²) in [6.45, 7) is 12.0. The maximum Gasteiger partial charge on any atom is 0.282 e. The minimum Gasteiger partial charge on any atom is -0.491 e. The van der Waals surface area contributed by atoms with Crippen LogP contribution in [0.3, 0.4) is 0 Å². The number of anilines is 1. The van der Waals surface area contributed by atoms with E-state index >= 15 is 0 Å². The highest BCUT2D eigenvalue weighted by Crippen LogP contribution is 2.37. The molecule has 0 unspecified atom stereocenters. The predicted molar refractivity (Wildman–Crippen MR) is 132 cm³/mol. The average molecular weight is 447 g/mol. The van der Waals surface area contributed by atoms with Gasteiger partial charge < -0.3 is 9.64 Å². The van der Waals surface area contributed by atoms with Gasteiger partial charge in [-0.3, -0.25) is 9.59 Å². The van der Waals surface area contributed by atoms with Crippen molar-refractivity contribution in [1.29, 1.82) is 0 Å². The maximum atomic E-state index is 13.7. The number of hydrogen-bond donors (Lipinski definition) is 0. The van der Waals surface area contributed by atoms with Crippen molar-refractivity contribution in [3.8, 4) is 5.75 Å². The minimum absolute atomic E-state index is 0.0694. The number of carbonyl (C=O) groups is 2. The van der Waals surface area contributed by atoms with Crippen molar-refractivity contribution in [3.05, 3.63) is 65.4 Å². The third-order valence-corrected chi connectivity index (χ3v) is 6.49. The van der Waals surface area contributed by atoms with Crippen molar-refractivity contribution in [2.75, 3.05) is 18.0 Å². The van der Waals surface area contributed by atoms with Gasteiger partial charge in [0, 0.05) is 13.1 Å². The van der Waals surface area contributed by atoms with Crippen LogP contribution in [0.15, 0.2) is 54.2 Å². The van der Waals surface area contributed by atoms with Gasteiger partial charge in [-0.1, -0.05) is 45.0 Å². The molecule has 0 N–H and O–H groups in total. The Labute approximate surface area is 197 Å². The number of hydrogen-bond acceptors (Lipinski definition) is 4. The van der Waals surface area contributed by atoms with Crippen LogP contribution in [0.25, 0.3) is 5.57 Å². The molecular weight excluding hydrogens is 412 g/mol. The van der Waals surface area contributed by atoms with Gasteiger partial charge in [-0.15, -0.1) is 0 Å². The number of rotatable bonds is 6. The van der Waals surface area contributed by atoms with E-state index in [4.69, 9.17) is 4.74 Å². The van der Waals surface area contributed by atoms with E-state index in [0.717, 1.165) is 37.2 Å². The van der Waals surface area contributed by atoms with Gasteiger partial charge in [0.15, 0.2) is 0 Å². The first-order chi connectivity index (χ1) is 15.8. The molecule has 2 aromatic rings. The highest BCUT2D eigenvalue weighted by Gasteiger charge is 2.43. The van der Waals surface area contributed by atoms with Crippen molar-refractivity contribution in [2.24, 2.45) is 5.92 Å². The Morgan fingerprint density at radius 3 is 2.00 bits per heavy atom. The molecule has 33 heavy (non-hydrogen) atoms. The second kappa shape index (κ2) is 9.42. The predicted octanol–water partition coefficient (Wildman–Crippen LogP) is 5.61. The Bertz CT molecular complexity index is 1040. The Kier molecular flexibility index (Phi) is 6.59. The number of benzene rings is 2.